The fourth-order valence-electron chi connectivity index (χ4n) is 1.38. The Morgan fingerprint density at radius 1 is 0.960 bits per heavy atom. The second kappa shape index (κ2) is 9.80. The Kier molecular flexibility index (Phi) is 8.87. The van der Waals surface area contributed by atoms with E-state index in [0.29, 0.717) is 10.8 Å². The minimum atomic E-state index is -4.67. The summed E-state index contributed by atoms with van der Waals surface area (Å²) < 4.78 is 35.9. The summed E-state index contributed by atoms with van der Waals surface area (Å²) in [6.07, 6.45) is -3.04. The fraction of sp³-hybridized carbons (Fsp3) is 0.333. The SMILES string of the molecule is C=C[S+]([O-])N(C(=O)CCC(=O)O)N(C(=O)CCC(=O)O)S(=O)(=O)C=C. The first-order valence-electron chi connectivity index (χ1n) is 6.48. The molecule has 0 aliphatic carbocycles. The van der Waals surface area contributed by atoms with Crippen molar-refractivity contribution >= 4 is 45.1 Å². The molecule has 0 aromatic heterocycles. The van der Waals surface area contributed by atoms with Crippen LogP contribution in [0.15, 0.2) is 24.0 Å². The summed E-state index contributed by atoms with van der Waals surface area (Å²) in [4.78, 5) is 45.3. The van der Waals surface area contributed by atoms with E-state index in [4.69, 9.17) is 10.2 Å². The number of nitrogens with zero attached hydrogens (tertiary/aromatic N) is 2. The van der Waals surface area contributed by atoms with Gasteiger partial charge in [-0.3, -0.25) is 19.2 Å². The Hall–Kier alpha value is -2.38. The number of carboxylic acid groups (broad SMARTS) is 2. The largest absolute Gasteiger partial charge is 0.587 e. The number of hydrogen-bond donors (Lipinski definition) is 2. The number of amides is 2. The van der Waals surface area contributed by atoms with Gasteiger partial charge in [-0.25, -0.2) is 0 Å². The van der Waals surface area contributed by atoms with E-state index in [9.17, 15) is 32.1 Å². The Balaban J connectivity index is 5.91. The van der Waals surface area contributed by atoms with Gasteiger partial charge in [0.25, 0.3) is 21.8 Å². The zero-order valence-electron chi connectivity index (χ0n) is 12.9. The van der Waals surface area contributed by atoms with Crippen molar-refractivity contribution in [1.29, 1.82) is 0 Å². The predicted octanol–water partition coefficient (Wildman–Crippen LogP) is -0.431. The smallest absolute Gasteiger partial charge is 0.303 e. The Morgan fingerprint density at radius 2 is 1.40 bits per heavy atom. The van der Waals surface area contributed by atoms with Crippen LogP contribution in [0.25, 0.3) is 0 Å². The number of sulfonamides is 1. The molecule has 11 nitrogen and oxygen atoms in total. The van der Waals surface area contributed by atoms with Crippen molar-refractivity contribution in [3.8, 4) is 0 Å². The molecule has 0 saturated carbocycles. The zero-order valence-corrected chi connectivity index (χ0v) is 14.5. The third-order valence-corrected chi connectivity index (χ3v) is 4.83. The summed E-state index contributed by atoms with van der Waals surface area (Å²) in [6, 6.07) is 0. The van der Waals surface area contributed by atoms with Gasteiger partial charge < -0.3 is 14.8 Å². The van der Waals surface area contributed by atoms with Crippen molar-refractivity contribution in [2.45, 2.75) is 25.7 Å². The average Bonchev–Trinajstić information content (AvgIpc) is 2.54. The summed E-state index contributed by atoms with van der Waals surface area (Å²) in [5.74, 6) is -5.40. The molecule has 2 amide bonds. The Bertz CT molecular complexity index is 674. The van der Waals surface area contributed by atoms with Crippen LogP contribution in [0.5, 0.6) is 0 Å². The number of carbonyl (C=O) groups is 4. The van der Waals surface area contributed by atoms with E-state index in [-0.39, 0.29) is 8.83 Å². The summed E-state index contributed by atoms with van der Waals surface area (Å²) in [5.41, 5.74) is 0. The van der Waals surface area contributed by atoms with Crippen molar-refractivity contribution in [3.63, 3.8) is 0 Å². The maximum atomic E-state index is 12.1. The van der Waals surface area contributed by atoms with Gasteiger partial charge in [0, 0.05) is 18.2 Å². The van der Waals surface area contributed by atoms with Crippen molar-refractivity contribution in [2.24, 2.45) is 0 Å². The molecule has 0 saturated heterocycles. The molecule has 0 aromatic carbocycles. The molecule has 0 spiro atoms. The molecular formula is C12H16N2O9S2. The summed E-state index contributed by atoms with van der Waals surface area (Å²) in [7, 11) is -4.67. The van der Waals surface area contributed by atoms with E-state index in [0.717, 1.165) is 0 Å². The molecule has 0 radical (unpaired) electrons. The van der Waals surface area contributed by atoms with Gasteiger partial charge in [-0.05, 0) is 11.0 Å². The van der Waals surface area contributed by atoms with Crippen LogP contribution in [-0.4, -0.2) is 55.8 Å². The van der Waals surface area contributed by atoms with E-state index in [1.165, 1.54) is 0 Å². The molecule has 13 heteroatoms. The molecule has 0 bridgehead atoms. The normalized spacial score (nSPS) is 11.9. The maximum absolute atomic E-state index is 12.1. The molecule has 0 fully saturated rings. The molecular weight excluding hydrogens is 380 g/mol. The molecule has 0 aromatic rings. The number of hydrogen-bond acceptors (Lipinski definition) is 7. The third-order valence-electron chi connectivity index (χ3n) is 2.46. The van der Waals surface area contributed by atoms with E-state index in [1.54, 1.807) is 0 Å². The molecule has 0 aliphatic rings. The first-order chi connectivity index (χ1) is 11.5. The van der Waals surface area contributed by atoms with Crippen LogP contribution < -0.4 is 0 Å². The Morgan fingerprint density at radius 3 is 1.76 bits per heavy atom. The highest BCUT2D eigenvalue weighted by Crippen LogP contribution is 2.19. The molecule has 1 unspecified atom stereocenters. The van der Waals surface area contributed by atoms with Gasteiger partial charge in [0.1, 0.15) is 16.8 Å². The lowest BCUT2D eigenvalue weighted by molar-refractivity contribution is -0.147. The highest BCUT2D eigenvalue weighted by Gasteiger charge is 2.41. The van der Waals surface area contributed by atoms with Crippen LogP contribution in [0.3, 0.4) is 0 Å². The van der Waals surface area contributed by atoms with Crippen LogP contribution in [0.1, 0.15) is 25.7 Å². The lowest BCUT2D eigenvalue weighted by Gasteiger charge is -2.30. The molecule has 2 N–H and O–H groups in total. The van der Waals surface area contributed by atoms with Crippen molar-refractivity contribution in [2.75, 3.05) is 0 Å². The van der Waals surface area contributed by atoms with Crippen LogP contribution >= 0.6 is 0 Å². The topological polar surface area (TPSA) is 172 Å². The molecule has 0 rings (SSSR count). The van der Waals surface area contributed by atoms with Crippen LogP contribution in [0, 0.1) is 0 Å². The van der Waals surface area contributed by atoms with Gasteiger partial charge in [-0.15, -0.1) is 0 Å². The minimum Gasteiger partial charge on any atom is -0.587 e. The monoisotopic (exact) mass is 396 g/mol. The average molecular weight is 396 g/mol. The van der Waals surface area contributed by atoms with Gasteiger partial charge in [0.05, 0.1) is 12.8 Å². The van der Waals surface area contributed by atoms with Gasteiger partial charge in [0.15, 0.2) is 0 Å². The van der Waals surface area contributed by atoms with E-state index >= 15 is 0 Å². The molecule has 25 heavy (non-hydrogen) atoms. The van der Waals surface area contributed by atoms with Crippen molar-refractivity contribution in [3.05, 3.63) is 24.0 Å². The van der Waals surface area contributed by atoms with Gasteiger partial charge in [-0.1, -0.05) is 11.0 Å². The van der Waals surface area contributed by atoms with Gasteiger partial charge >= 0.3 is 11.9 Å². The molecule has 0 heterocycles. The highest BCUT2D eigenvalue weighted by atomic mass is 32.2. The zero-order chi connectivity index (χ0) is 19.8. The van der Waals surface area contributed by atoms with Crippen LogP contribution in [-0.2, 0) is 40.6 Å². The predicted molar refractivity (Wildman–Crippen MR) is 84.9 cm³/mol. The standard InChI is InChI=1S/C12H16N2O9S2/c1-3-24(21)13(9(15)5-7-11(17)18)14(25(22,23)4-2)10(16)6-8-12(19)20/h3-4H,1-2,5-8H2,(H,17,18)(H,19,20). The second-order valence-corrected chi connectivity index (χ2v) is 7.19. The van der Waals surface area contributed by atoms with Crippen molar-refractivity contribution < 1.29 is 42.4 Å². The highest BCUT2D eigenvalue weighted by molar-refractivity contribution is 7.95. The van der Waals surface area contributed by atoms with E-state index in [1.807, 2.05) is 0 Å². The van der Waals surface area contributed by atoms with Crippen molar-refractivity contribution in [1.82, 2.24) is 8.83 Å². The second-order valence-electron chi connectivity index (χ2n) is 4.25. The summed E-state index contributed by atoms with van der Waals surface area (Å²) in [5, 5.41) is 18.1. The molecule has 1 atom stereocenters. The van der Waals surface area contributed by atoms with Gasteiger partial charge in [-0.2, -0.15) is 8.42 Å². The fourth-order valence-corrected chi connectivity index (χ4v) is 3.34. The number of carboxylic acids is 2. The third kappa shape index (κ3) is 6.94. The first-order valence-corrected chi connectivity index (χ1v) is 9.15. The number of hydrazine groups is 1. The quantitative estimate of drug-likeness (QED) is 0.367. The Labute approximate surface area is 146 Å². The van der Waals surface area contributed by atoms with Gasteiger partial charge in [0.2, 0.25) is 0 Å². The number of aliphatic carboxylic acids is 2. The number of rotatable bonds is 10. The number of carbonyl (C=O) groups excluding carboxylic acids is 2. The maximum Gasteiger partial charge on any atom is 0.303 e. The van der Waals surface area contributed by atoms with Crippen LogP contribution in [0.4, 0.5) is 0 Å². The lowest BCUT2D eigenvalue weighted by atomic mass is 10.3. The summed E-state index contributed by atoms with van der Waals surface area (Å²) in [6.45, 7) is 6.10. The van der Waals surface area contributed by atoms with E-state index < -0.39 is 70.8 Å². The summed E-state index contributed by atoms with van der Waals surface area (Å²) >= 11 is -2.54. The minimum absolute atomic E-state index is 0.0110. The molecule has 0 aliphatic heterocycles. The van der Waals surface area contributed by atoms with E-state index in [2.05, 4.69) is 13.2 Å². The lowest BCUT2D eigenvalue weighted by Crippen LogP contribution is -2.54. The van der Waals surface area contributed by atoms with Crippen LogP contribution in [0.2, 0.25) is 0 Å². The first kappa shape index (κ1) is 22.6. The molecule has 140 valence electrons.